The van der Waals surface area contributed by atoms with Gasteiger partial charge in [-0.15, -0.1) is 0 Å². The Morgan fingerprint density at radius 2 is 1.75 bits per heavy atom. The van der Waals surface area contributed by atoms with E-state index >= 15 is 0 Å². The SMILES string of the molecule is CC1CCC(N(CCN(C)C)C(=O)/C=C/c2ccc(O)cc2)CC1. The monoisotopic (exact) mass is 330 g/mol. The van der Waals surface area contributed by atoms with E-state index in [1.165, 1.54) is 12.8 Å². The van der Waals surface area contributed by atoms with Crippen molar-refractivity contribution in [1.82, 2.24) is 9.80 Å². The lowest BCUT2D eigenvalue weighted by Gasteiger charge is -2.36. The summed E-state index contributed by atoms with van der Waals surface area (Å²) in [4.78, 5) is 16.9. The first-order chi connectivity index (χ1) is 11.5. The Balaban J connectivity index is 2.04. The maximum absolute atomic E-state index is 12.7. The number of carbonyl (C=O) groups is 1. The highest BCUT2D eigenvalue weighted by Crippen LogP contribution is 2.27. The standard InChI is InChI=1S/C20H30N2O2/c1-16-4-9-18(10-5-16)22(15-14-21(2)3)20(24)13-8-17-6-11-19(23)12-7-17/h6-8,11-13,16,18,23H,4-5,9-10,14-15H2,1-3H3/b13-8+. The fourth-order valence-electron chi connectivity index (χ4n) is 3.18. The molecule has 0 unspecified atom stereocenters. The van der Waals surface area contributed by atoms with E-state index in [4.69, 9.17) is 0 Å². The zero-order chi connectivity index (χ0) is 17.5. The second-order valence-electron chi connectivity index (χ2n) is 7.17. The molecule has 1 N–H and O–H groups in total. The Kier molecular flexibility index (Phi) is 6.85. The summed E-state index contributed by atoms with van der Waals surface area (Å²) in [5, 5.41) is 9.33. The van der Waals surface area contributed by atoms with Crippen LogP contribution in [0.4, 0.5) is 0 Å². The van der Waals surface area contributed by atoms with Gasteiger partial charge in [0.25, 0.3) is 0 Å². The van der Waals surface area contributed by atoms with Crippen molar-refractivity contribution in [2.75, 3.05) is 27.2 Å². The number of nitrogens with zero attached hydrogens (tertiary/aromatic N) is 2. The lowest BCUT2D eigenvalue weighted by Crippen LogP contribution is -2.44. The van der Waals surface area contributed by atoms with Crippen LogP contribution in [-0.2, 0) is 4.79 Å². The van der Waals surface area contributed by atoms with Crippen molar-refractivity contribution in [3.63, 3.8) is 0 Å². The van der Waals surface area contributed by atoms with E-state index in [9.17, 15) is 9.90 Å². The summed E-state index contributed by atoms with van der Waals surface area (Å²) < 4.78 is 0. The van der Waals surface area contributed by atoms with Gasteiger partial charge >= 0.3 is 0 Å². The molecule has 0 bridgehead atoms. The van der Waals surface area contributed by atoms with Crippen LogP contribution in [0.3, 0.4) is 0 Å². The van der Waals surface area contributed by atoms with Crippen molar-refractivity contribution >= 4 is 12.0 Å². The molecule has 0 aliphatic heterocycles. The molecule has 1 aromatic rings. The average molecular weight is 330 g/mol. The second kappa shape index (κ2) is 8.88. The first-order valence-electron chi connectivity index (χ1n) is 8.88. The molecule has 2 rings (SSSR count). The fourth-order valence-corrected chi connectivity index (χ4v) is 3.18. The number of rotatable bonds is 6. The van der Waals surface area contributed by atoms with Gasteiger partial charge in [0.1, 0.15) is 5.75 Å². The summed E-state index contributed by atoms with van der Waals surface area (Å²) in [6.45, 7) is 3.95. The van der Waals surface area contributed by atoms with E-state index in [-0.39, 0.29) is 11.7 Å². The molecule has 1 aliphatic carbocycles. The predicted octanol–water partition coefficient (Wildman–Crippen LogP) is 3.37. The smallest absolute Gasteiger partial charge is 0.246 e. The number of hydrogen-bond donors (Lipinski definition) is 1. The third-order valence-electron chi connectivity index (χ3n) is 4.81. The highest BCUT2D eigenvalue weighted by atomic mass is 16.3. The van der Waals surface area contributed by atoms with Crippen LogP contribution in [0.2, 0.25) is 0 Å². The summed E-state index contributed by atoms with van der Waals surface area (Å²) in [6, 6.07) is 7.25. The fraction of sp³-hybridized carbons (Fsp3) is 0.550. The molecule has 0 radical (unpaired) electrons. The second-order valence-corrected chi connectivity index (χ2v) is 7.17. The van der Waals surface area contributed by atoms with Crippen LogP contribution in [-0.4, -0.2) is 54.0 Å². The van der Waals surface area contributed by atoms with Gasteiger partial charge in [-0.3, -0.25) is 4.79 Å². The molecule has 0 atom stereocenters. The minimum Gasteiger partial charge on any atom is -0.508 e. The van der Waals surface area contributed by atoms with Gasteiger partial charge in [-0.05, 0) is 69.5 Å². The van der Waals surface area contributed by atoms with E-state index in [0.717, 1.165) is 37.4 Å². The van der Waals surface area contributed by atoms with Crippen molar-refractivity contribution < 1.29 is 9.90 Å². The van der Waals surface area contributed by atoms with E-state index in [2.05, 4.69) is 11.8 Å². The van der Waals surface area contributed by atoms with Gasteiger partial charge < -0.3 is 14.9 Å². The van der Waals surface area contributed by atoms with Crippen molar-refractivity contribution in [2.45, 2.75) is 38.6 Å². The summed E-state index contributed by atoms with van der Waals surface area (Å²) >= 11 is 0. The molecule has 24 heavy (non-hydrogen) atoms. The zero-order valence-corrected chi connectivity index (χ0v) is 15.1. The molecule has 1 fully saturated rings. The van der Waals surface area contributed by atoms with Gasteiger partial charge in [0.05, 0.1) is 0 Å². The third-order valence-corrected chi connectivity index (χ3v) is 4.81. The Bertz CT molecular complexity index is 543. The Hall–Kier alpha value is -1.81. The Labute approximate surface area is 145 Å². The summed E-state index contributed by atoms with van der Waals surface area (Å²) in [6.07, 6.45) is 8.12. The van der Waals surface area contributed by atoms with Gasteiger partial charge in [-0.1, -0.05) is 19.1 Å². The van der Waals surface area contributed by atoms with E-state index in [1.54, 1.807) is 18.2 Å². The maximum Gasteiger partial charge on any atom is 0.246 e. The summed E-state index contributed by atoms with van der Waals surface area (Å²) in [7, 11) is 4.08. The summed E-state index contributed by atoms with van der Waals surface area (Å²) in [5.41, 5.74) is 0.922. The van der Waals surface area contributed by atoms with Crippen molar-refractivity contribution in [2.24, 2.45) is 5.92 Å². The Morgan fingerprint density at radius 3 is 2.33 bits per heavy atom. The van der Waals surface area contributed by atoms with Crippen LogP contribution >= 0.6 is 0 Å². The number of carbonyl (C=O) groups excluding carboxylic acids is 1. The normalized spacial score (nSPS) is 21.3. The molecule has 0 aromatic heterocycles. The largest absolute Gasteiger partial charge is 0.508 e. The van der Waals surface area contributed by atoms with Gasteiger partial charge in [0.15, 0.2) is 0 Å². The van der Waals surface area contributed by atoms with Gasteiger partial charge in [0, 0.05) is 25.2 Å². The van der Waals surface area contributed by atoms with Crippen LogP contribution < -0.4 is 0 Å². The number of likely N-dealkylation sites (N-methyl/N-ethyl adjacent to an activating group) is 1. The first kappa shape index (κ1) is 18.5. The zero-order valence-electron chi connectivity index (χ0n) is 15.1. The van der Waals surface area contributed by atoms with Gasteiger partial charge in [0.2, 0.25) is 5.91 Å². The molecular weight excluding hydrogens is 300 g/mol. The quantitative estimate of drug-likeness (QED) is 0.813. The third kappa shape index (κ3) is 5.68. The number of aromatic hydroxyl groups is 1. The number of benzene rings is 1. The summed E-state index contributed by atoms with van der Waals surface area (Å²) in [5.74, 6) is 1.10. The number of hydrogen-bond acceptors (Lipinski definition) is 3. The van der Waals surface area contributed by atoms with Crippen molar-refractivity contribution in [3.8, 4) is 5.75 Å². The highest BCUT2D eigenvalue weighted by molar-refractivity contribution is 5.92. The molecule has 0 heterocycles. The van der Waals surface area contributed by atoms with E-state index in [1.807, 2.05) is 37.2 Å². The van der Waals surface area contributed by atoms with E-state index < -0.39 is 0 Å². The lowest BCUT2D eigenvalue weighted by atomic mass is 9.86. The minimum atomic E-state index is 0.0875. The maximum atomic E-state index is 12.7. The van der Waals surface area contributed by atoms with Crippen molar-refractivity contribution in [3.05, 3.63) is 35.9 Å². The molecule has 0 spiro atoms. The molecule has 132 valence electrons. The van der Waals surface area contributed by atoms with Crippen LogP contribution in [0.25, 0.3) is 6.08 Å². The lowest BCUT2D eigenvalue weighted by molar-refractivity contribution is -0.129. The van der Waals surface area contributed by atoms with Crippen molar-refractivity contribution in [1.29, 1.82) is 0 Å². The molecule has 1 saturated carbocycles. The highest BCUT2D eigenvalue weighted by Gasteiger charge is 2.26. The minimum absolute atomic E-state index is 0.0875. The van der Waals surface area contributed by atoms with Crippen LogP contribution in [0.5, 0.6) is 5.75 Å². The van der Waals surface area contributed by atoms with Crippen LogP contribution in [0, 0.1) is 5.92 Å². The molecule has 1 aliphatic rings. The first-order valence-corrected chi connectivity index (χ1v) is 8.88. The molecule has 4 heteroatoms. The molecule has 1 aromatic carbocycles. The topological polar surface area (TPSA) is 43.8 Å². The average Bonchev–Trinajstić information content (AvgIpc) is 2.56. The van der Waals surface area contributed by atoms with Crippen LogP contribution in [0.1, 0.15) is 38.2 Å². The van der Waals surface area contributed by atoms with Gasteiger partial charge in [-0.25, -0.2) is 0 Å². The molecular formula is C20H30N2O2. The number of phenolic OH excluding ortho intramolecular Hbond substituents is 1. The molecule has 4 nitrogen and oxygen atoms in total. The Morgan fingerprint density at radius 1 is 1.12 bits per heavy atom. The molecule has 1 amide bonds. The van der Waals surface area contributed by atoms with E-state index in [0.29, 0.717) is 6.04 Å². The van der Waals surface area contributed by atoms with Crippen LogP contribution in [0.15, 0.2) is 30.3 Å². The number of phenols is 1. The number of amides is 1. The molecule has 0 saturated heterocycles. The predicted molar refractivity (Wildman–Crippen MR) is 98.8 cm³/mol. The van der Waals surface area contributed by atoms with Gasteiger partial charge in [-0.2, -0.15) is 0 Å².